The SMILES string of the molecule is CC(C)NC(=O)CN(C)[C@H](C)c1nc(C(C)(C)C)no1. The first-order valence-electron chi connectivity index (χ1n) is 6.95. The first-order valence-corrected chi connectivity index (χ1v) is 6.95. The molecule has 0 aromatic carbocycles. The zero-order valence-electron chi connectivity index (χ0n) is 13.5. The topological polar surface area (TPSA) is 71.3 Å². The first-order chi connectivity index (χ1) is 9.11. The van der Waals surface area contributed by atoms with E-state index in [1.165, 1.54) is 0 Å². The molecular formula is C14H26N4O2. The molecule has 6 heteroatoms. The molecule has 1 amide bonds. The van der Waals surface area contributed by atoms with E-state index in [1.807, 2.05) is 53.5 Å². The summed E-state index contributed by atoms with van der Waals surface area (Å²) < 4.78 is 5.30. The van der Waals surface area contributed by atoms with Crippen molar-refractivity contribution in [1.29, 1.82) is 0 Å². The molecule has 1 heterocycles. The molecule has 0 saturated heterocycles. The lowest BCUT2D eigenvalue weighted by Crippen LogP contribution is -2.39. The highest BCUT2D eigenvalue weighted by Gasteiger charge is 2.25. The molecule has 0 saturated carbocycles. The molecule has 0 bridgehead atoms. The number of hydrogen-bond donors (Lipinski definition) is 1. The van der Waals surface area contributed by atoms with Crippen molar-refractivity contribution < 1.29 is 9.32 Å². The summed E-state index contributed by atoms with van der Waals surface area (Å²) in [6, 6.07) is 0.0404. The highest BCUT2D eigenvalue weighted by Crippen LogP contribution is 2.22. The molecule has 0 fully saturated rings. The van der Waals surface area contributed by atoms with E-state index in [1.54, 1.807) is 0 Å². The van der Waals surface area contributed by atoms with Crippen LogP contribution in [-0.4, -0.2) is 40.6 Å². The number of aromatic nitrogens is 2. The third-order valence-electron chi connectivity index (χ3n) is 2.97. The second kappa shape index (κ2) is 6.35. The molecule has 6 nitrogen and oxygen atoms in total. The van der Waals surface area contributed by atoms with Gasteiger partial charge in [-0.25, -0.2) is 0 Å². The lowest BCUT2D eigenvalue weighted by atomic mass is 9.96. The van der Waals surface area contributed by atoms with E-state index in [4.69, 9.17) is 4.52 Å². The minimum absolute atomic E-state index is 0.00934. The van der Waals surface area contributed by atoms with Crippen molar-refractivity contribution in [2.45, 2.75) is 59.0 Å². The van der Waals surface area contributed by atoms with E-state index < -0.39 is 0 Å². The van der Waals surface area contributed by atoms with Gasteiger partial charge in [-0.15, -0.1) is 0 Å². The molecule has 0 aliphatic rings. The maximum Gasteiger partial charge on any atom is 0.243 e. The average molecular weight is 282 g/mol. The smallest absolute Gasteiger partial charge is 0.243 e. The molecule has 0 spiro atoms. The van der Waals surface area contributed by atoms with Crippen LogP contribution in [0, 0.1) is 0 Å². The van der Waals surface area contributed by atoms with Crippen molar-refractivity contribution in [1.82, 2.24) is 20.4 Å². The summed E-state index contributed by atoms with van der Waals surface area (Å²) >= 11 is 0. The Kier molecular flexibility index (Phi) is 5.28. The van der Waals surface area contributed by atoms with Crippen molar-refractivity contribution in [2.24, 2.45) is 0 Å². The van der Waals surface area contributed by atoms with Gasteiger partial charge >= 0.3 is 0 Å². The van der Waals surface area contributed by atoms with E-state index in [2.05, 4.69) is 15.5 Å². The van der Waals surface area contributed by atoms with Gasteiger partial charge in [0.15, 0.2) is 5.82 Å². The van der Waals surface area contributed by atoms with Crippen LogP contribution in [0.15, 0.2) is 4.52 Å². The van der Waals surface area contributed by atoms with E-state index >= 15 is 0 Å². The summed E-state index contributed by atoms with van der Waals surface area (Å²) in [4.78, 5) is 18.1. The molecule has 1 N–H and O–H groups in total. The minimum atomic E-state index is -0.144. The molecule has 1 aromatic heterocycles. The van der Waals surface area contributed by atoms with Crippen LogP contribution in [-0.2, 0) is 10.2 Å². The Morgan fingerprint density at radius 2 is 1.95 bits per heavy atom. The van der Waals surface area contributed by atoms with Crippen molar-refractivity contribution in [3.05, 3.63) is 11.7 Å². The summed E-state index contributed by atoms with van der Waals surface area (Å²) in [5.74, 6) is 1.21. The fourth-order valence-electron chi connectivity index (χ4n) is 1.63. The minimum Gasteiger partial charge on any atom is -0.353 e. The number of rotatable bonds is 5. The maximum absolute atomic E-state index is 11.7. The van der Waals surface area contributed by atoms with Gasteiger partial charge in [0, 0.05) is 11.5 Å². The van der Waals surface area contributed by atoms with Gasteiger partial charge in [-0.1, -0.05) is 25.9 Å². The van der Waals surface area contributed by atoms with Crippen molar-refractivity contribution in [3.63, 3.8) is 0 Å². The molecule has 0 radical (unpaired) electrons. The van der Waals surface area contributed by atoms with Gasteiger partial charge in [-0.3, -0.25) is 9.69 Å². The van der Waals surface area contributed by atoms with Crippen LogP contribution in [0.2, 0.25) is 0 Å². The van der Waals surface area contributed by atoms with Crippen molar-refractivity contribution >= 4 is 5.91 Å². The van der Waals surface area contributed by atoms with Gasteiger partial charge in [0.25, 0.3) is 0 Å². The van der Waals surface area contributed by atoms with Crippen molar-refractivity contribution in [3.8, 4) is 0 Å². The molecule has 1 atom stereocenters. The fourth-order valence-corrected chi connectivity index (χ4v) is 1.63. The number of likely N-dealkylation sites (N-methyl/N-ethyl adjacent to an activating group) is 1. The second-order valence-corrected chi connectivity index (χ2v) is 6.52. The molecule has 0 aliphatic heterocycles. The van der Waals surface area contributed by atoms with Gasteiger partial charge < -0.3 is 9.84 Å². The van der Waals surface area contributed by atoms with Crippen LogP contribution in [0.5, 0.6) is 0 Å². The van der Waals surface area contributed by atoms with Crippen LogP contribution in [0.25, 0.3) is 0 Å². The van der Waals surface area contributed by atoms with Crippen LogP contribution < -0.4 is 5.32 Å². The zero-order chi connectivity index (χ0) is 15.5. The lowest BCUT2D eigenvalue weighted by Gasteiger charge is -2.21. The molecular weight excluding hydrogens is 256 g/mol. The second-order valence-electron chi connectivity index (χ2n) is 6.52. The van der Waals surface area contributed by atoms with Crippen LogP contribution in [0.3, 0.4) is 0 Å². The summed E-state index contributed by atoms with van der Waals surface area (Å²) in [6.45, 7) is 12.2. The standard InChI is InChI=1S/C14H26N4O2/c1-9(2)15-11(19)8-18(7)10(3)12-16-13(17-20-12)14(4,5)6/h9-10H,8H2,1-7H3,(H,15,19)/t10-/m1/s1. The lowest BCUT2D eigenvalue weighted by molar-refractivity contribution is -0.123. The highest BCUT2D eigenvalue weighted by molar-refractivity contribution is 5.78. The average Bonchev–Trinajstić information content (AvgIpc) is 2.75. The van der Waals surface area contributed by atoms with Crippen molar-refractivity contribution in [2.75, 3.05) is 13.6 Å². The molecule has 0 unspecified atom stereocenters. The maximum atomic E-state index is 11.7. The van der Waals surface area contributed by atoms with Crippen LogP contribution >= 0.6 is 0 Å². The number of carbonyl (C=O) groups excluding carboxylic acids is 1. The predicted molar refractivity (Wildman–Crippen MR) is 77.3 cm³/mol. The molecule has 20 heavy (non-hydrogen) atoms. The van der Waals surface area contributed by atoms with Gasteiger partial charge in [-0.2, -0.15) is 4.98 Å². The molecule has 114 valence electrons. The van der Waals surface area contributed by atoms with Gasteiger partial charge in [0.1, 0.15) is 0 Å². The number of hydrogen-bond acceptors (Lipinski definition) is 5. The Hall–Kier alpha value is -1.43. The first kappa shape index (κ1) is 16.6. The van der Waals surface area contributed by atoms with Gasteiger partial charge in [-0.05, 0) is 27.8 Å². The largest absolute Gasteiger partial charge is 0.353 e. The number of carbonyl (C=O) groups is 1. The summed E-state index contributed by atoms with van der Waals surface area (Å²) in [5.41, 5.74) is -0.144. The molecule has 1 rings (SSSR count). The predicted octanol–water partition coefficient (Wildman–Crippen LogP) is 1.88. The Bertz CT molecular complexity index is 448. The van der Waals surface area contributed by atoms with E-state index in [-0.39, 0.29) is 23.4 Å². The third kappa shape index (κ3) is 4.59. The summed E-state index contributed by atoms with van der Waals surface area (Å²) in [7, 11) is 1.87. The van der Waals surface area contributed by atoms with Crippen LogP contribution in [0.4, 0.5) is 0 Å². The highest BCUT2D eigenvalue weighted by atomic mass is 16.5. The number of nitrogens with one attached hydrogen (secondary N) is 1. The summed E-state index contributed by atoms with van der Waals surface area (Å²) in [6.07, 6.45) is 0. The molecule has 1 aromatic rings. The monoisotopic (exact) mass is 282 g/mol. The van der Waals surface area contributed by atoms with Gasteiger partial charge in [0.2, 0.25) is 11.8 Å². The Balaban J connectivity index is 2.67. The van der Waals surface area contributed by atoms with Gasteiger partial charge in [0.05, 0.1) is 12.6 Å². The Labute approximate surface area is 120 Å². The summed E-state index contributed by atoms with van der Waals surface area (Å²) in [5, 5.41) is 6.87. The number of amides is 1. The molecule has 0 aliphatic carbocycles. The van der Waals surface area contributed by atoms with Crippen LogP contribution in [0.1, 0.15) is 59.3 Å². The normalized spacial score (nSPS) is 13.8. The Morgan fingerprint density at radius 1 is 1.35 bits per heavy atom. The Morgan fingerprint density at radius 3 is 2.40 bits per heavy atom. The quantitative estimate of drug-likeness (QED) is 0.893. The van der Waals surface area contributed by atoms with E-state index in [0.29, 0.717) is 18.3 Å². The van der Waals surface area contributed by atoms with E-state index in [9.17, 15) is 4.79 Å². The van der Waals surface area contributed by atoms with E-state index in [0.717, 1.165) is 0 Å². The fraction of sp³-hybridized carbons (Fsp3) is 0.786. The number of nitrogens with zero attached hydrogens (tertiary/aromatic N) is 3. The third-order valence-corrected chi connectivity index (χ3v) is 2.97. The zero-order valence-corrected chi connectivity index (χ0v) is 13.5.